The first kappa shape index (κ1) is 15.1. The van der Waals surface area contributed by atoms with Gasteiger partial charge in [0.1, 0.15) is 17.1 Å². The summed E-state index contributed by atoms with van der Waals surface area (Å²) >= 11 is 0. The van der Waals surface area contributed by atoms with Gasteiger partial charge < -0.3 is 14.5 Å². The second-order valence-electron chi connectivity index (χ2n) is 5.78. The summed E-state index contributed by atoms with van der Waals surface area (Å²) in [7, 11) is 1.39. The molecule has 0 amide bonds. The van der Waals surface area contributed by atoms with Crippen LogP contribution < -0.4 is 5.32 Å². The van der Waals surface area contributed by atoms with Gasteiger partial charge in [0.25, 0.3) is 0 Å². The summed E-state index contributed by atoms with van der Waals surface area (Å²) in [5, 5.41) is 3.58. The minimum atomic E-state index is -0.333. The maximum atomic E-state index is 11.5. The molecule has 0 aliphatic heterocycles. The van der Waals surface area contributed by atoms with Crippen LogP contribution in [0.1, 0.15) is 60.9 Å². The van der Waals surface area contributed by atoms with E-state index in [2.05, 4.69) is 12.2 Å². The Morgan fingerprint density at radius 3 is 2.90 bits per heavy atom. The van der Waals surface area contributed by atoms with Crippen LogP contribution in [0.5, 0.6) is 0 Å². The van der Waals surface area contributed by atoms with Crippen LogP contribution in [-0.2, 0) is 11.3 Å². The van der Waals surface area contributed by atoms with E-state index in [4.69, 9.17) is 9.15 Å². The molecule has 1 aromatic heterocycles. The topological polar surface area (TPSA) is 51.5 Å². The van der Waals surface area contributed by atoms with E-state index < -0.39 is 0 Å². The average Bonchev–Trinajstić information content (AvgIpc) is 2.68. The lowest BCUT2D eigenvalue weighted by Crippen LogP contribution is -2.33. The highest BCUT2D eigenvalue weighted by atomic mass is 16.5. The summed E-state index contributed by atoms with van der Waals surface area (Å²) in [5.41, 5.74) is 0.526. The van der Waals surface area contributed by atoms with Crippen molar-refractivity contribution in [2.24, 2.45) is 5.92 Å². The largest absolute Gasteiger partial charge is 0.465 e. The summed E-state index contributed by atoms with van der Waals surface area (Å²) in [6.07, 6.45) is 6.50. The number of aryl methyl sites for hydroxylation is 1. The van der Waals surface area contributed by atoms with E-state index in [9.17, 15) is 4.79 Å². The molecule has 0 saturated heterocycles. The fourth-order valence-electron chi connectivity index (χ4n) is 2.97. The Bertz CT molecular complexity index is 453. The molecule has 2 atom stereocenters. The third-order valence-electron chi connectivity index (χ3n) is 4.27. The molecule has 0 radical (unpaired) electrons. The maximum absolute atomic E-state index is 11.5. The Kier molecular flexibility index (Phi) is 5.24. The number of carbonyl (C=O) groups is 1. The van der Waals surface area contributed by atoms with Gasteiger partial charge in [0, 0.05) is 6.04 Å². The summed E-state index contributed by atoms with van der Waals surface area (Å²) < 4.78 is 10.4. The Balaban J connectivity index is 1.95. The predicted octanol–water partition coefficient (Wildman–Crippen LogP) is 3.43. The van der Waals surface area contributed by atoms with Crippen LogP contribution >= 0.6 is 0 Å². The second kappa shape index (κ2) is 6.93. The first-order valence-electron chi connectivity index (χ1n) is 7.53. The number of carbonyl (C=O) groups excluding carboxylic acids is 1. The quantitative estimate of drug-likeness (QED) is 0.677. The highest BCUT2D eigenvalue weighted by Crippen LogP contribution is 2.23. The molecule has 4 heteroatoms. The Morgan fingerprint density at radius 2 is 2.15 bits per heavy atom. The first-order chi connectivity index (χ1) is 9.61. The van der Waals surface area contributed by atoms with Crippen molar-refractivity contribution < 1.29 is 13.9 Å². The number of rotatable bonds is 4. The van der Waals surface area contributed by atoms with Crippen LogP contribution in [0, 0.1) is 12.8 Å². The normalized spacial score (nSPS) is 23.4. The average molecular weight is 279 g/mol. The van der Waals surface area contributed by atoms with Gasteiger partial charge in [0.15, 0.2) is 0 Å². The summed E-state index contributed by atoms with van der Waals surface area (Å²) in [6, 6.07) is 2.33. The highest BCUT2D eigenvalue weighted by molar-refractivity contribution is 5.90. The van der Waals surface area contributed by atoms with Crippen LogP contribution in [0.15, 0.2) is 10.5 Å². The van der Waals surface area contributed by atoms with Crippen molar-refractivity contribution in [1.29, 1.82) is 0 Å². The highest BCUT2D eigenvalue weighted by Gasteiger charge is 2.20. The molecule has 0 bridgehead atoms. The lowest BCUT2D eigenvalue weighted by atomic mass is 9.97. The molecule has 1 N–H and O–H groups in total. The molecule has 20 heavy (non-hydrogen) atoms. The van der Waals surface area contributed by atoms with Gasteiger partial charge in [-0.2, -0.15) is 0 Å². The number of ether oxygens (including phenoxy) is 1. The van der Waals surface area contributed by atoms with E-state index in [-0.39, 0.29) is 5.97 Å². The third-order valence-corrected chi connectivity index (χ3v) is 4.27. The molecular weight excluding hydrogens is 254 g/mol. The van der Waals surface area contributed by atoms with Crippen LogP contribution in [0.3, 0.4) is 0 Å². The molecule has 1 heterocycles. The first-order valence-corrected chi connectivity index (χ1v) is 7.53. The van der Waals surface area contributed by atoms with Crippen LogP contribution in [-0.4, -0.2) is 19.1 Å². The van der Waals surface area contributed by atoms with Gasteiger partial charge in [-0.25, -0.2) is 4.79 Å². The van der Waals surface area contributed by atoms with Crippen molar-refractivity contribution >= 4 is 5.97 Å². The molecule has 1 fully saturated rings. The number of nitrogens with one attached hydrogen (secondary N) is 1. The van der Waals surface area contributed by atoms with Crippen LogP contribution in [0.25, 0.3) is 0 Å². The van der Waals surface area contributed by atoms with Gasteiger partial charge in [0.05, 0.1) is 13.7 Å². The van der Waals surface area contributed by atoms with Gasteiger partial charge in [0.2, 0.25) is 0 Å². The molecule has 0 spiro atoms. The monoisotopic (exact) mass is 279 g/mol. The summed E-state index contributed by atoms with van der Waals surface area (Å²) in [4.78, 5) is 11.5. The van der Waals surface area contributed by atoms with Crippen molar-refractivity contribution in [2.75, 3.05) is 7.11 Å². The van der Waals surface area contributed by atoms with Crippen molar-refractivity contribution in [3.63, 3.8) is 0 Å². The molecule has 1 aliphatic rings. The van der Waals surface area contributed by atoms with E-state index in [0.717, 1.165) is 5.76 Å². The molecule has 4 nitrogen and oxygen atoms in total. The Morgan fingerprint density at radius 1 is 1.40 bits per heavy atom. The smallest absolute Gasteiger partial charge is 0.341 e. The van der Waals surface area contributed by atoms with E-state index in [1.54, 1.807) is 13.0 Å². The van der Waals surface area contributed by atoms with E-state index in [1.807, 2.05) is 0 Å². The molecule has 1 aromatic rings. The van der Waals surface area contributed by atoms with Crippen molar-refractivity contribution in [3.8, 4) is 0 Å². The number of hydrogen-bond acceptors (Lipinski definition) is 4. The van der Waals surface area contributed by atoms with Gasteiger partial charge in [-0.3, -0.25) is 0 Å². The molecule has 1 aliphatic carbocycles. The zero-order valence-electron chi connectivity index (χ0n) is 12.7. The Labute approximate surface area is 120 Å². The standard InChI is InChI=1S/C16H25NO3/c1-11-7-5-4-6-8-15(11)17-10-13-9-14(12(2)20-13)16(18)19-3/h9,11,15,17H,4-8,10H2,1-3H3. The van der Waals surface area contributed by atoms with Gasteiger partial charge in [-0.1, -0.05) is 26.2 Å². The Hall–Kier alpha value is -1.29. The zero-order chi connectivity index (χ0) is 14.5. The van der Waals surface area contributed by atoms with Crippen LogP contribution in [0.2, 0.25) is 0 Å². The second-order valence-corrected chi connectivity index (χ2v) is 5.78. The van der Waals surface area contributed by atoms with Crippen molar-refractivity contribution in [3.05, 3.63) is 23.2 Å². The minimum absolute atomic E-state index is 0.333. The summed E-state index contributed by atoms with van der Waals surface area (Å²) in [5.74, 6) is 1.80. The molecule has 2 unspecified atom stereocenters. The SMILES string of the molecule is COC(=O)c1cc(CNC2CCCCCC2C)oc1C. The predicted molar refractivity (Wildman–Crippen MR) is 77.7 cm³/mol. The molecular formula is C16H25NO3. The third kappa shape index (κ3) is 3.63. The molecule has 112 valence electrons. The van der Waals surface area contributed by atoms with E-state index >= 15 is 0 Å². The summed E-state index contributed by atoms with van der Waals surface area (Å²) in [6.45, 7) is 4.78. The number of hydrogen-bond donors (Lipinski definition) is 1. The number of esters is 1. The lowest BCUT2D eigenvalue weighted by molar-refractivity contribution is 0.0599. The van der Waals surface area contributed by atoms with E-state index in [0.29, 0.717) is 29.8 Å². The van der Waals surface area contributed by atoms with Gasteiger partial charge in [-0.05, 0) is 31.7 Å². The van der Waals surface area contributed by atoms with Gasteiger partial charge >= 0.3 is 5.97 Å². The minimum Gasteiger partial charge on any atom is -0.465 e. The van der Waals surface area contributed by atoms with Gasteiger partial charge in [-0.15, -0.1) is 0 Å². The number of furan rings is 1. The van der Waals surface area contributed by atoms with Crippen molar-refractivity contribution in [2.45, 2.75) is 58.5 Å². The number of methoxy groups -OCH3 is 1. The maximum Gasteiger partial charge on any atom is 0.341 e. The fraction of sp³-hybridized carbons (Fsp3) is 0.688. The van der Waals surface area contributed by atoms with E-state index in [1.165, 1.54) is 39.2 Å². The molecule has 1 saturated carbocycles. The zero-order valence-corrected chi connectivity index (χ0v) is 12.7. The van der Waals surface area contributed by atoms with Crippen LogP contribution in [0.4, 0.5) is 0 Å². The fourth-order valence-corrected chi connectivity index (χ4v) is 2.97. The van der Waals surface area contributed by atoms with Crippen molar-refractivity contribution in [1.82, 2.24) is 5.32 Å². The lowest BCUT2D eigenvalue weighted by Gasteiger charge is -2.22. The molecule has 0 aromatic carbocycles. The molecule has 2 rings (SSSR count).